The molecule has 1 fully saturated rings. The molecule has 54 valence electrons. The third-order valence-electron chi connectivity index (χ3n) is 2.19. The lowest BCUT2D eigenvalue weighted by atomic mass is 10.3. The summed E-state index contributed by atoms with van der Waals surface area (Å²) in [6, 6.07) is 0. The Morgan fingerprint density at radius 3 is 2.33 bits per heavy atom. The van der Waals surface area contributed by atoms with Crippen molar-refractivity contribution < 1.29 is 10.1 Å². The molecular formula is C6H15N2O+. The molecule has 1 atom stereocenters. The predicted molar refractivity (Wildman–Crippen MR) is 34.7 cm³/mol. The zero-order chi connectivity index (χ0) is 6.91. The van der Waals surface area contributed by atoms with Gasteiger partial charge >= 0.3 is 0 Å². The van der Waals surface area contributed by atoms with Gasteiger partial charge in [0, 0.05) is 19.9 Å². The second-order valence-electron chi connectivity index (χ2n) is 2.95. The van der Waals surface area contributed by atoms with Gasteiger partial charge in [0.1, 0.15) is 5.54 Å². The summed E-state index contributed by atoms with van der Waals surface area (Å²) in [5.74, 6) is 0. The first-order chi connectivity index (χ1) is 4.23. The highest BCUT2D eigenvalue weighted by molar-refractivity contribution is 4.87. The first-order valence-electron chi connectivity index (χ1n) is 3.38. The number of aliphatic hydroxyl groups excluding tert-OH is 1. The molecule has 0 aliphatic heterocycles. The molecule has 1 aliphatic rings. The average molecular weight is 131 g/mol. The molecule has 0 amide bonds. The van der Waals surface area contributed by atoms with Crippen molar-refractivity contribution in [3.63, 3.8) is 0 Å². The van der Waals surface area contributed by atoms with Crippen LogP contribution in [0.2, 0.25) is 0 Å². The van der Waals surface area contributed by atoms with Crippen molar-refractivity contribution >= 4 is 0 Å². The number of quaternary nitrogens is 1. The van der Waals surface area contributed by atoms with Crippen LogP contribution in [0.3, 0.4) is 0 Å². The summed E-state index contributed by atoms with van der Waals surface area (Å²) in [6.45, 7) is 2.36. The van der Waals surface area contributed by atoms with E-state index in [0.717, 1.165) is 5.01 Å². The monoisotopic (exact) mass is 131 g/mol. The van der Waals surface area contributed by atoms with E-state index < -0.39 is 0 Å². The van der Waals surface area contributed by atoms with Crippen LogP contribution in [-0.4, -0.2) is 24.4 Å². The van der Waals surface area contributed by atoms with Gasteiger partial charge in [-0.05, 0) is 6.92 Å². The van der Waals surface area contributed by atoms with Gasteiger partial charge in [-0.2, -0.15) is 5.43 Å². The van der Waals surface area contributed by atoms with E-state index in [2.05, 4.69) is 12.3 Å². The molecule has 0 aromatic carbocycles. The number of nitrogens with one attached hydrogen (secondary N) is 2. The molecule has 0 aromatic rings. The fraction of sp³-hybridized carbons (Fsp3) is 1.00. The van der Waals surface area contributed by atoms with E-state index in [1.807, 2.05) is 7.05 Å². The van der Waals surface area contributed by atoms with Gasteiger partial charge in [0.15, 0.2) is 6.73 Å². The summed E-state index contributed by atoms with van der Waals surface area (Å²) in [7, 11) is 1.87. The Balaban J connectivity index is 2.37. The molecule has 0 heterocycles. The van der Waals surface area contributed by atoms with Crippen LogP contribution in [0.25, 0.3) is 0 Å². The van der Waals surface area contributed by atoms with Crippen molar-refractivity contribution in [2.24, 2.45) is 0 Å². The molecule has 3 N–H and O–H groups in total. The smallest absolute Gasteiger partial charge is 0.196 e. The SMILES string of the molecule is CN[NH+](CO)C1(C)CC1. The molecule has 0 spiro atoms. The molecule has 0 radical (unpaired) electrons. The molecule has 0 aromatic heterocycles. The molecule has 3 heteroatoms. The van der Waals surface area contributed by atoms with Gasteiger partial charge in [-0.3, -0.25) is 0 Å². The van der Waals surface area contributed by atoms with E-state index in [4.69, 9.17) is 5.11 Å². The molecule has 1 aliphatic carbocycles. The minimum absolute atomic E-state index is 0.188. The van der Waals surface area contributed by atoms with Crippen molar-refractivity contribution in [1.82, 2.24) is 5.43 Å². The maximum Gasteiger partial charge on any atom is 0.196 e. The lowest BCUT2D eigenvalue weighted by Gasteiger charge is -2.20. The highest BCUT2D eigenvalue weighted by Gasteiger charge is 2.47. The standard InChI is InChI=1S/C6H14N2O/c1-6(3-4-6)8(5-9)7-2/h7,9H,3-5H2,1-2H3/p+1. The minimum Gasteiger partial charge on any atom is -0.346 e. The van der Waals surface area contributed by atoms with Crippen molar-refractivity contribution in [3.8, 4) is 0 Å². The first kappa shape index (κ1) is 6.99. The van der Waals surface area contributed by atoms with Crippen molar-refractivity contribution in [2.45, 2.75) is 25.3 Å². The van der Waals surface area contributed by atoms with Crippen LogP contribution in [-0.2, 0) is 0 Å². The molecule has 0 saturated heterocycles. The normalized spacial score (nSPS) is 25.7. The minimum atomic E-state index is 0.188. The van der Waals surface area contributed by atoms with Crippen LogP contribution < -0.4 is 10.4 Å². The molecule has 1 saturated carbocycles. The van der Waals surface area contributed by atoms with E-state index >= 15 is 0 Å². The average Bonchev–Trinajstić information content (AvgIpc) is 2.52. The van der Waals surface area contributed by atoms with Gasteiger partial charge in [-0.15, -0.1) is 0 Å². The third kappa shape index (κ3) is 1.23. The molecule has 3 nitrogen and oxygen atoms in total. The molecule has 1 rings (SSSR count). The quantitative estimate of drug-likeness (QED) is 0.322. The maximum atomic E-state index is 8.80. The van der Waals surface area contributed by atoms with E-state index in [1.54, 1.807) is 0 Å². The largest absolute Gasteiger partial charge is 0.346 e. The Morgan fingerprint density at radius 2 is 2.22 bits per heavy atom. The number of aliphatic hydroxyl groups is 1. The Morgan fingerprint density at radius 1 is 1.67 bits per heavy atom. The Bertz CT molecular complexity index is 97.2. The zero-order valence-corrected chi connectivity index (χ0v) is 6.07. The van der Waals surface area contributed by atoms with Crippen molar-refractivity contribution in [2.75, 3.05) is 13.8 Å². The zero-order valence-electron chi connectivity index (χ0n) is 6.07. The highest BCUT2D eigenvalue weighted by Crippen LogP contribution is 2.30. The second kappa shape index (κ2) is 2.25. The fourth-order valence-electron chi connectivity index (χ4n) is 1.06. The van der Waals surface area contributed by atoms with Gasteiger partial charge in [0.25, 0.3) is 0 Å². The molecule has 9 heavy (non-hydrogen) atoms. The maximum absolute atomic E-state index is 8.80. The van der Waals surface area contributed by atoms with Crippen molar-refractivity contribution in [3.05, 3.63) is 0 Å². The van der Waals surface area contributed by atoms with Crippen LogP contribution in [0.15, 0.2) is 0 Å². The Hall–Kier alpha value is -0.120. The predicted octanol–water partition coefficient (Wildman–Crippen LogP) is -1.49. The van der Waals surface area contributed by atoms with Gasteiger partial charge < -0.3 is 5.11 Å². The third-order valence-corrected chi connectivity index (χ3v) is 2.19. The van der Waals surface area contributed by atoms with E-state index in [0.29, 0.717) is 5.54 Å². The first-order valence-corrected chi connectivity index (χ1v) is 3.38. The van der Waals surface area contributed by atoms with E-state index in [-0.39, 0.29) is 6.73 Å². The summed E-state index contributed by atoms with van der Waals surface area (Å²) < 4.78 is 0. The summed E-state index contributed by atoms with van der Waals surface area (Å²) in [6.07, 6.45) is 2.45. The number of hydrogen-bond donors (Lipinski definition) is 3. The molecule has 0 bridgehead atoms. The van der Waals surface area contributed by atoms with Gasteiger partial charge in [0.05, 0.1) is 0 Å². The van der Waals surface area contributed by atoms with Gasteiger partial charge in [-0.25, -0.2) is 5.01 Å². The van der Waals surface area contributed by atoms with Crippen LogP contribution in [0.5, 0.6) is 0 Å². The van der Waals surface area contributed by atoms with Crippen LogP contribution >= 0.6 is 0 Å². The van der Waals surface area contributed by atoms with Gasteiger partial charge in [0.2, 0.25) is 0 Å². The number of hydrogen-bond acceptors (Lipinski definition) is 2. The molecule has 1 unspecified atom stereocenters. The highest BCUT2D eigenvalue weighted by atomic mass is 16.3. The molecular weight excluding hydrogens is 116 g/mol. The van der Waals surface area contributed by atoms with Crippen molar-refractivity contribution in [1.29, 1.82) is 0 Å². The topological polar surface area (TPSA) is 36.7 Å². The Labute approximate surface area is 55.6 Å². The van der Waals surface area contributed by atoms with Gasteiger partial charge in [-0.1, -0.05) is 0 Å². The summed E-state index contributed by atoms with van der Waals surface area (Å²) >= 11 is 0. The van der Waals surface area contributed by atoms with E-state index in [1.165, 1.54) is 12.8 Å². The summed E-state index contributed by atoms with van der Waals surface area (Å²) in [5, 5.41) is 9.89. The fourth-order valence-corrected chi connectivity index (χ4v) is 1.06. The second-order valence-corrected chi connectivity index (χ2v) is 2.95. The van der Waals surface area contributed by atoms with Crippen LogP contribution in [0.1, 0.15) is 19.8 Å². The summed E-state index contributed by atoms with van der Waals surface area (Å²) in [5.41, 5.74) is 3.34. The van der Waals surface area contributed by atoms with Crippen LogP contribution in [0, 0.1) is 0 Å². The number of rotatable bonds is 3. The van der Waals surface area contributed by atoms with Crippen LogP contribution in [0.4, 0.5) is 0 Å². The lowest BCUT2D eigenvalue weighted by molar-refractivity contribution is -0.991. The Kier molecular flexibility index (Phi) is 1.75. The lowest BCUT2D eigenvalue weighted by Crippen LogP contribution is -3.22. The summed E-state index contributed by atoms with van der Waals surface area (Å²) in [4.78, 5) is 0. The van der Waals surface area contributed by atoms with E-state index in [9.17, 15) is 0 Å².